The SMILES string of the molecule is CSCCC(C)N(C)C(CN)c1csc(Br)c1. The summed E-state index contributed by atoms with van der Waals surface area (Å²) in [5.74, 6) is 1.20. The zero-order chi connectivity index (χ0) is 12.8. The zero-order valence-corrected chi connectivity index (χ0v) is 13.9. The number of nitrogens with zero attached hydrogens (tertiary/aromatic N) is 1. The highest BCUT2D eigenvalue weighted by Crippen LogP contribution is 2.29. The van der Waals surface area contributed by atoms with Gasteiger partial charge in [-0.3, -0.25) is 4.90 Å². The Kier molecular flexibility index (Phi) is 7.11. The largest absolute Gasteiger partial charge is 0.329 e. The first-order valence-corrected chi connectivity index (χ1v) is 8.81. The minimum Gasteiger partial charge on any atom is -0.329 e. The van der Waals surface area contributed by atoms with Gasteiger partial charge in [0.05, 0.1) is 3.79 Å². The molecule has 0 aromatic carbocycles. The van der Waals surface area contributed by atoms with Crippen molar-refractivity contribution in [3.8, 4) is 0 Å². The standard InChI is InChI=1S/C12H21BrN2S2/c1-9(4-5-16-3)15(2)11(7-14)10-6-12(13)17-8-10/h6,8-9,11H,4-5,7,14H2,1-3H3. The molecule has 0 saturated heterocycles. The third kappa shape index (κ3) is 4.56. The van der Waals surface area contributed by atoms with E-state index in [0.717, 1.165) is 0 Å². The number of hydrogen-bond acceptors (Lipinski definition) is 4. The Morgan fingerprint density at radius 3 is 2.76 bits per heavy atom. The van der Waals surface area contributed by atoms with Gasteiger partial charge in [-0.1, -0.05) is 0 Å². The molecule has 0 radical (unpaired) electrons. The number of nitrogens with two attached hydrogens (primary N) is 1. The van der Waals surface area contributed by atoms with Crippen LogP contribution in [0.4, 0.5) is 0 Å². The molecule has 2 N–H and O–H groups in total. The summed E-state index contributed by atoms with van der Waals surface area (Å²) in [6, 6.07) is 3.07. The van der Waals surface area contributed by atoms with Crippen LogP contribution in [0, 0.1) is 0 Å². The van der Waals surface area contributed by atoms with Gasteiger partial charge in [0.25, 0.3) is 0 Å². The van der Waals surface area contributed by atoms with Gasteiger partial charge in [-0.2, -0.15) is 11.8 Å². The first-order chi connectivity index (χ1) is 8.10. The van der Waals surface area contributed by atoms with Gasteiger partial charge >= 0.3 is 0 Å². The second-order valence-corrected chi connectivity index (χ2v) is 7.51. The number of likely N-dealkylation sites (N-methyl/N-ethyl adjacent to an activating group) is 1. The number of halogens is 1. The zero-order valence-electron chi connectivity index (χ0n) is 10.6. The summed E-state index contributed by atoms with van der Waals surface area (Å²) in [6.07, 6.45) is 3.36. The molecule has 98 valence electrons. The molecular weight excluding hydrogens is 316 g/mol. The average molecular weight is 337 g/mol. The Balaban J connectivity index is 2.66. The third-order valence-corrected chi connectivity index (χ3v) is 5.29. The number of hydrogen-bond donors (Lipinski definition) is 1. The van der Waals surface area contributed by atoms with Crippen molar-refractivity contribution in [3.05, 3.63) is 20.8 Å². The van der Waals surface area contributed by atoms with Gasteiger partial charge in [0, 0.05) is 18.6 Å². The van der Waals surface area contributed by atoms with Crippen molar-refractivity contribution in [1.82, 2.24) is 4.90 Å². The summed E-state index contributed by atoms with van der Waals surface area (Å²) < 4.78 is 1.18. The maximum absolute atomic E-state index is 5.92. The second kappa shape index (κ2) is 7.79. The summed E-state index contributed by atoms with van der Waals surface area (Å²) in [4.78, 5) is 2.39. The van der Waals surface area contributed by atoms with Crippen LogP contribution in [-0.4, -0.2) is 36.5 Å². The van der Waals surface area contributed by atoms with Crippen LogP contribution in [0.15, 0.2) is 15.2 Å². The van der Waals surface area contributed by atoms with Crippen molar-refractivity contribution in [2.75, 3.05) is 25.6 Å². The Hall–Kier alpha value is 0.450. The molecule has 2 unspecified atom stereocenters. The molecule has 2 atom stereocenters. The van der Waals surface area contributed by atoms with E-state index in [1.54, 1.807) is 11.3 Å². The lowest BCUT2D eigenvalue weighted by atomic mass is 10.1. The van der Waals surface area contributed by atoms with Crippen molar-refractivity contribution >= 4 is 39.0 Å². The van der Waals surface area contributed by atoms with E-state index in [1.807, 2.05) is 11.8 Å². The molecule has 0 fully saturated rings. The van der Waals surface area contributed by atoms with Gasteiger partial charge < -0.3 is 5.73 Å². The quantitative estimate of drug-likeness (QED) is 0.825. The molecule has 0 saturated carbocycles. The summed E-state index contributed by atoms with van der Waals surface area (Å²) in [5.41, 5.74) is 7.25. The number of thiophene rings is 1. The van der Waals surface area contributed by atoms with Crippen LogP contribution < -0.4 is 5.73 Å². The normalized spacial score (nSPS) is 15.2. The lowest BCUT2D eigenvalue weighted by Gasteiger charge is -2.32. The molecule has 17 heavy (non-hydrogen) atoms. The molecular formula is C12H21BrN2S2. The van der Waals surface area contributed by atoms with Crippen LogP contribution >= 0.6 is 39.0 Å². The van der Waals surface area contributed by atoms with Crippen LogP contribution in [-0.2, 0) is 0 Å². The van der Waals surface area contributed by atoms with Crippen molar-refractivity contribution in [2.24, 2.45) is 5.73 Å². The van der Waals surface area contributed by atoms with E-state index in [2.05, 4.69) is 52.5 Å². The topological polar surface area (TPSA) is 29.3 Å². The molecule has 0 aliphatic heterocycles. The molecule has 1 aromatic rings. The van der Waals surface area contributed by atoms with Crippen LogP contribution in [0.3, 0.4) is 0 Å². The summed E-state index contributed by atoms with van der Waals surface area (Å²) in [5, 5.41) is 2.19. The van der Waals surface area contributed by atoms with Crippen molar-refractivity contribution < 1.29 is 0 Å². The van der Waals surface area contributed by atoms with Gasteiger partial charge in [-0.25, -0.2) is 0 Å². The van der Waals surface area contributed by atoms with Gasteiger partial charge in [0.15, 0.2) is 0 Å². The van der Waals surface area contributed by atoms with E-state index in [1.165, 1.54) is 21.5 Å². The predicted octanol–water partition coefficient (Wildman–Crippen LogP) is 3.58. The molecule has 1 rings (SSSR count). The van der Waals surface area contributed by atoms with Crippen molar-refractivity contribution in [3.63, 3.8) is 0 Å². The van der Waals surface area contributed by atoms with E-state index in [9.17, 15) is 0 Å². The molecule has 0 amide bonds. The van der Waals surface area contributed by atoms with E-state index in [0.29, 0.717) is 18.6 Å². The summed E-state index contributed by atoms with van der Waals surface area (Å²) >= 11 is 7.14. The van der Waals surface area contributed by atoms with Gasteiger partial charge in [0.2, 0.25) is 0 Å². The number of thioether (sulfide) groups is 1. The van der Waals surface area contributed by atoms with Crippen molar-refractivity contribution in [2.45, 2.75) is 25.4 Å². The van der Waals surface area contributed by atoms with Crippen LogP contribution in [0.25, 0.3) is 0 Å². The highest BCUT2D eigenvalue weighted by atomic mass is 79.9. The van der Waals surface area contributed by atoms with Crippen LogP contribution in [0.5, 0.6) is 0 Å². The molecule has 2 nitrogen and oxygen atoms in total. The Morgan fingerprint density at radius 1 is 1.59 bits per heavy atom. The third-order valence-electron chi connectivity index (χ3n) is 3.12. The van der Waals surface area contributed by atoms with Gasteiger partial charge in [-0.15, -0.1) is 11.3 Å². The minimum absolute atomic E-state index is 0.328. The van der Waals surface area contributed by atoms with E-state index in [4.69, 9.17) is 5.73 Å². The Labute approximate surface area is 121 Å². The smallest absolute Gasteiger partial charge is 0.0701 e. The molecule has 0 aliphatic carbocycles. The van der Waals surface area contributed by atoms with E-state index in [-0.39, 0.29) is 0 Å². The monoisotopic (exact) mass is 336 g/mol. The fourth-order valence-electron chi connectivity index (χ4n) is 1.83. The Morgan fingerprint density at radius 2 is 2.29 bits per heavy atom. The number of rotatable bonds is 7. The van der Waals surface area contributed by atoms with Gasteiger partial charge in [-0.05, 0) is 65.3 Å². The molecule has 0 spiro atoms. The predicted molar refractivity (Wildman–Crippen MR) is 84.0 cm³/mol. The van der Waals surface area contributed by atoms with E-state index >= 15 is 0 Å². The second-order valence-electron chi connectivity index (χ2n) is 4.23. The molecule has 1 heterocycles. The van der Waals surface area contributed by atoms with E-state index < -0.39 is 0 Å². The molecule has 0 bridgehead atoms. The molecule has 0 aliphatic rings. The first-order valence-electron chi connectivity index (χ1n) is 5.75. The maximum Gasteiger partial charge on any atom is 0.0701 e. The fraction of sp³-hybridized carbons (Fsp3) is 0.667. The minimum atomic E-state index is 0.328. The Bertz CT molecular complexity index is 330. The maximum atomic E-state index is 5.92. The van der Waals surface area contributed by atoms with Crippen LogP contribution in [0.1, 0.15) is 24.9 Å². The first kappa shape index (κ1) is 15.5. The summed E-state index contributed by atoms with van der Waals surface area (Å²) in [7, 11) is 2.17. The van der Waals surface area contributed by atoms with Crippen LogP contribution in [0.2, 0.25) is 0 Å². The lowest BCUT2D eigenvalue weighted by molar-refractivity contribution is 0.186. The lowest BCUT2D eigenvalue weighted by Crippen LogP contribution is -2.37. The average Bonchev–Trinajstić information content (AvgIpc) is 2.73. The highest BCUT2D eigenvalue weighted by molar-refractivity contribution is 9.11. The molecule has 1 aromatic heterocycles. The van der Waals surface area contributed by atoms with Crippen molar-refractivity contribution in [1.29, 1.82) is 0 Å². The molecule has 5 heteroatoms. The fourth-order valence-corrected chi connectivity index (χ4v) is 3.63. The van der Waals surface area contributed by atoms with Gasteiger partial charge in [0.1, 0.15) is 0 Å². The highest BCUT2D eigenvalue weighted by Gasteiger charge is 2.20. The summed E-state index contributed by atoms with van der Waals surface area (Å²) in [6.45, 7) is 2.95.